The van der Waals surface area contributed by atoms with Crippen molar-refractivity contribution < 1.29 is 0 Å². The van der Waals surface area contributed by atoms with E-state index in [1.807, 2.05) is 0 Å². The molecule has 2 rings (SSSR count). The summed E-state index contributed by atoms with van der Waals surface area (Å²) in [5, 5.41) is 9.61. The first-order valence-electron chi connectivity index (χ1n) is 10.6. The average Bonchev–Trinajstić information content (AvgIpc) is 2.62. The SMILES string of the molecule is CCCCCCCC1CCC(C2CCCC(C#N)(CC)C2)CC1. The third-order valence-corrected chi connectivity index (χ3v) is 7.07. The third kappa shape index (κ3) is 5.51. The number of hydrogen-bond acceptors (Lipinski definition) is 1. The Kier molecular flexibility index (Phi) is 7.94. The van der Waals surface area contributed by atoms with Gasteiger partial charge in [0.15, 0.2) is 0 Å². The quantitative estimate of drug-likeness (QED) is 0.432. The van der Waals surface area contributed by atoms with Crippen LogP contribution in [0.5, 0.6) is 0 Å². The van der Waals surface area contributed by atoms with E-state index in [4.69, 9.17) is 0 Å². The van der Waals surface area contributed by atoms with Crippen LogP contribution in [0, 0.1) is 34.5 Å². The molecule has 2 aliphatic rings. The normalized spacial score (nSPS) is 34.9. The van der Waals surface area contributed by atoms with E-state index in [1.54, 1.807) is 0 Å². The summed E-state index contributed by atoms with van der Waals surface area (Å²) < 4.78 is 0. The summed E-state index contributed by atoms with van der Waals surface area (Å²) in [7, 11) is 0. The number of unbranched alkanes of at least 4 members (excludes halogenated alkanes) is 4. The molecule has 0 aromatic carbocycles. The molecule has 2 atom stereocenters. The maximum absolute atomic E-state index is 9.61. The molecular formula is C22H39N. The van der Waals surface area contributed by atoms with Crippen LogP contribution in [0.3, 0.4) is 0 Å². The van der Waals surface area contributed by atoms with Gasteiger partial charge in [0.05, 0.1) is 11.5 Å². The zero-order valence-corrected chi connectivity index (χ0v) is 15.8. The van der Waals surface area contributed by atoms with E-state index in [9.17, 15) is 5.26 Å². The number of nitriles is 1. The molecule has 0 radical (unpaired) electrons. The minimum Gasteiger partial charge on any atom is -0.198 e. The van der Waals surface area contributed by atoms with Crippen LogP contribution in [0.15, 0.2) is 0 Å². The van der Waals surface area contributed by atoms with Crippen molar-refractivity contribution in [1.29, 1.82) is 5.26 Å². The van der Waals surface area contributed by atoms with Gasteiger partial charge < -0.3 is 0 Å². The highest BCUT2D eigenvalue weighted by molar-refractivity contribution is 5.02. The standard InChI is InChI=1S/C22H39N/c1-3-5-6-7-8-10-19-12-14-20(15-13-19)21-11-9-16-22(4-2,17-21)18-23/h19-21H,3-17H2,1-2H3. The van der Waals surface area contributed by atoms with Crippen LogP contribution < -0.4 is 0 Å². The van der Waals surface area contributed by atoms with Crippen LogP contribution >= 0.6 is 0 Å². The van der Waals surface area contributed by atoms with Gasteiger partial charge in [-0.1, -0.05) is 78.1 Å². The molecule has 0 spiro atoms. The summed E-state index contributed by atoms with van der Waals surface area (Å²) in [5.74, 6) is 2.81. The Labute approximate surface area is 145 Å². The molecule has 0 bridgehead atoms. The van der Waals surface area contributed by atoms with Crippen molar-refractivity contribution in [3.8, 4) is 6.07 Å². The molecule has 0 aromatic heterocycles. The van der Waals surface area contributed by atoms with E-state index in [2.05, 4.69) is 19.9 Å². The number of nitrogens with zero attached hydrogens (tertiary/aromatic N) is 1. The maximum atomic E-state index is 9.61. The van der Waals surface area contributed by atoms with Crippen LogP contribution in [0.25, 0.3) is 0 Å². The highest BCUT2D eigenvalue weighted by Crippen LogP contribution is 2.48. The molecule has 2 unspecified atom stereocenters. The maximum Gasteiger partial charge on any atom is 0.0689 e. The Bertz CT molecular complexity index is 361. The highest BCUT2D eigenvalue weighted by atomic mass is 14.4. The molecule has 0 aliphatic heterocycles. The highest BCUT2D eigenvalue weighted by Gasteiger charge is 2.38. The van der Waals surface area contributed by atoms with Gasteiger partial charge in [0.25, 0.3) is 0 Å². The number of rotatable bonds is 8. The number of hydrogen-bond donors (Lipinski definition) is 0. The second-order valence-electron chi connectivity index (χ2n) is 8.59. The van der Waals surface area contributed by atoms with Crippen molar-refractivity contribution in [2.75, 3.05) is 0 Å². The van der Waals surface area contributed by atoms with Crippen LogP contribution in [0.1, 0.15) is 110 Å². The summed E-state index contributed by atoms with van der Waals surface area (Å²) in [6.07, 6.45) is 20.6. The molecule has 1 heteroatoms. The molecule has 23 heavy (non-hydrogen) atoms. The topological polar surface area (TPSA) is 23.8 Å². The first-order chi connectivity index (χ1) is 11.2. The van der Waals surface area contributed by atoms with E-state index in [0.29, 0.717) is 0 Å². The molecule has 0 aromatic rings. The smallest absolute Gasteiger partial charge is 0.0689 e. The predicted molar refractivity (Wildman–Crippen MR) is 99.1 cm³/mol. The first-order valence-corrected chi connectivity index (χ1v) is 10.6. The van der Waals surface area contributed by atoms with Crippen molar-refractivity contribution in [3.63, 3.8) is 0 Å². The summed E-state index contributed by atoms with van der Waals surface area (Å²) in [5.41, 5.74) is 0.0268. The Hall–Kier alpha value is -0.510. The van der Waals surface area contributed by atoms with Gasteiger partial charge in [-0.3, -0.25) is 0 Å². The zero-order valence-electron chi connectivity index (χ0n) is 15.8. The molecule has 0 amide bonds. The zero-order chi connectivity index (χ0) is 16.5. The molecule has 1 nitrogen and oxygen atoms in total. The Morgan fingerprint density at radius 3 is 2.30 bits per heavy atom. The molecule has 0 heterocycles. The van der Waals surface area contributed by atoms with Gasteiger partial charge in [-0.25, -0.2) is 0 Å². The molecular weight excluding hydrogens is 278 g/mol. The molecule has 0 N–H and O–H groups in total. The van der Waals surface area contributed by atoms with Gasteiger partial charge in [0, 0.05) is 0 Å². The summed E-state index contributed by atoms with van der Waals surface area (Å²) in [6.45, 7) is 4.52. The predicted octanol–water partition coefficient (Wildman–Crippen LogP) is 7.26. The van der Waals surface area contributed by atoms with Crippen molar-refractivity contribution >= 4 is 0 Å². The lowest BCUT2D eigenvalue weighted by molar-refractivity contribution is 0.106. The largest absolute Gasteiger partial charge is 0.198 e. The van der Waals surface area contributed by atoms with Gasteiger partial charge in [0.2, 0.25) is 0 Å². The van der Waals surface area contributed by atoms with E-state index >= 15 is 0 Å². The van der Waals surface area contributed by atoms with Crippen LogP contribution in [0.2, 0.25) is 0 Å². The minimum absolute atomic E-state index is 0.0268. The van der Waals surface area contributed by atoms with Crippen molar-refractivity contribution in [2.45, 2.75) is 110 Å². The fourth-order valence-electron chi connectivity index (χ4n) is 5.30. The summed E-state index contributed by atoms with van der Waals surface area (Å²) in [4.78, 5) is 0. The van der Waals surface area contributed by atoms with Crippen LogP contribution in [0.4, 0.5) is 0 Å². The van der Waals surface area contributed by atoms with Gasteiger partial charge in [0.1, 0.15) is 0 Å². The van der Waals surface area contributed by atoms with E-state index in [-0.39, 0.29) is 5.41 Å². The van der Waals surface area contributed by atoms with E-state index in [0.717, 1.165) is 30.6 Å². The molecule has 2 aliphatic carbocycles. The van der Waals surface area contributed by atoms with Crippen molar-refractivity contribution in [2.24, 2.45) is 23.2 Å². The Balaban J connectivity index is 1.69. The lowest BCUT2D eigenvalue weighted by atomic mass is 9.62. The Morgan fingerprint density at radius 2 is 1.65 bits per heavy atom. The first kappa shape index (κ1) is 18.8. The molecule has 132 valence electrons. The minimum atomic E-state index is 0.0268. The lowest BCUT2D eigenvalue weighted by Gasteiger charge is -2.41. The van der Waals surface area contributed by atoms with Crippen molar-refractivity contribution in [3.05, 3.63) is 0 Å². The van der Waals surface area contributed by atoms with Crippen LogP contribution in [-0.4, -0.2) is 0 Å². The second kappa shape index (κ2) is 9.71. The lowest BCUT2D eigenvalue weighted by Crippen LogP contribution is -2.32. The fourth-order valence-corrected chi connectivity index (χ4v) is 5.30. The third-order valence-electron chi connectivity index (χ3n) is 7.07. The Morgan fingerprint density at radius 1 is 0.913 bits per heavy atom. The van der Waals surface area contributed by atoms with E-state index < -0.39 is 0 Å². The fraction of sp³-hybridized carbons (Fsp3) is 0.955. The van der Waals surface area contributed by atoms with E-state index in [1.165, 1.54) is 83.5 Å². The van der Waals surface area contributed by atoms with Gasteiger partial charge in [-0.2, -0.15) is 5.26 Å². The van der Waals surface area contributed by atoms with Gasteiger partial charge in [-0.05, 0) is 49.9 Å². The average molecular weight is 318 g/mol. The molecule has 2 saturated carbocycles. The molecule has 0 saturated heterocycles. The van der Waals surface area contributed by atoms with Gasteiger partial charge in [-0.15, -0.1) is 0 Å². The van der Waals surface area contributed by atoms with Crippen LogP contribution in [-0.2, 0) is 0 Å². The van der Waals surface area contributed by atoms with Crippen molar-refractivity contribution in [1.82, 2.24) is 0 Å². The second-order valence-corrected chi connectivity index (χ2v) is 8.59. The summed E-state index contributed by atoms with van der Waals surface area (Å²) in [6, 6.07) is 2.69. The monoisotopic (exact) mass is 317 g/mol. The molecule has 2 fully saturated rings. The summed E-state index contributed by atoms with van der Waals surface area (Å²) >= 11 is 0. The van der Waals surface area contributed by atoms with Gasteiger partial charge >= 0.3 is 0 Å².